The van der Waals surface area contributed by atoms with Crippen LogP contribution in [0.1, 0.15) is 99.6 Å². The highest BCUT2D eigenvalue weighted by molar-refractivity contribution is 8.18. The Bertz CT molecular complexity index is 1630. The van der Waals surface area contributed by atoms with Crippen LogP contribution >= 0.6 is 11.4 Å². The van der Waals surface area contributed by atoms with Crippen LogP contribution in [-0.2, 0) is 31.8 Å². The number of nitrogens with zero attached hydrogens (tertiary/aromatic N) is 3. The van der Waals surface area contributed by atoms with Crippen LogP contribution in [0.4, 0.5) is 16.0 Å². The van der Waals surface area contributed by atoms with Crippen molar-refractivity contribution in [1.82, 2.24) is 14.1 Å². The summed E-state index contributed by atoms with van der Waals surface area (Å²) in [5.41, 5.74) is 5.25. The summed E-state index contributed by atoms with van der Waals surface area (Å²) >= 11 is -4.93. The van der Waals surface area contributed by atoms with Crippen molar-refractivity contribution in [2.24, 2.45) is 11.8 Å². The summed E-state index contributed by atoms with van der Waals surface area (Å²) in [6, 6.07) is 9.03. The van der Waals surface area contributed by atoms with Crippen LogP contribution in [0, 0.1) is 11.8 Å². The molecule has 6 heterocycles. The van der Waals surface area contributed by atoms with E-state index in [2.05, 4.69) is 34.1 Å². The molecule has 63 heavy (non-hydrogen) atoms. The zero-order valence-electron chi connectivity index (χ0n) is 38.2. The highest BCUT2D eigenvalue weighted by Crippen LogP contribution is 2.56. The number of hydrogen-bond donors (Lipinski definition) is 1. The van der Waals surface area contributed by atoms with E-state index in [9.17, 15) is 16.0 Å². The molecule has 4 fully saturated rings. The number of benzene rings is 2. The van der Waals surface area contributed by atoms with E-state index in [-0.39, 0.29) is 38.5 Å². The first-order chi connectivity index (χ1) is 30.4. The SMILES string of the molecule is CCN(CC)S(F)(F)F.COc1cc2c(cc1OC)[C@H]1CC3(OCCO3)[C@H](CCCCO)CN1CC2.COc1cc2c(cc1OC)[C@H]1CC3(OCCO3)[C@H](CCCC[19F])CN1CC2. The largest absolute Gasteiger partial charge is 0.493 e. The van der Waals surface area contributed by atoms with Crippen LogP contribution in [-0.4, -0.2) is 138 Å². The van der Waals surface area contributed by atoms with Crippen molar-refractivity contribution in [3.63, 3.8) is 0 Å². The van der Waals surface area contributed by atoms with E-state index < -0.39 is 22.9 Å². The predicted molar refractivity (Wildman–Crippen MR) is 235 cm³/mol. The van der Waals surface area contributed by atoms with Gasteiger partial charge in [-0.25, -0.2) is 0 Å². The third-order valence-electron chi connectivity index (χ3n) is 13.8. The van der Waals surface area contributed by atoms with E-state index in [1.54, 1.807) is 28.4 Å². The fraction of sp³-hybridized carbons (Fsp3) is 0.739. The van der Waals surface area contributed by atoms with Gasteiger partial charge in [-0.15, -0.1) is 11.7 Å². The average molecular weight is 918 g/mol. The van der Waals surface area contributed by atoms with Gasteiger partial charge in [-0.05, 0) is 85.0 Å². The van der Waals surface area contributed by atoms with E-state index in [0.29, 0.717) is 49.0 Å². The molecule has 2 aromatic rings. The van der Waals surface area contributed by atoms with Gasteiger partial charge in [0.25, 0.3) is 11.4 Å². The van der Waals surface area contributed by atoms with Gasteiger partial charge in [0.1, 0.15) is 0 Å². The number of piperidine rings is 2. The van der Waals surface area contributed by atoms with Gasteiger partial charge in [0, 0.05) is 82.6 Å². The van der Waals surface area contributed by atoms with Crippen molar-refractivity contribution in [3.05, 3.63) is 46.5 Å². The zero-order valence-corrected chi connectivity index (χ0v) is 39.0. The van der Waals surface area contributed by atoms with Crippen LogP contribution in [0.5, 0.6) is 23.0 Å². The molecule has 0 unspecified atom stereocenters. The lowest BCUT2D eigenvalue weighted by Crippen LogP contribution is -2.55. The number of rotatable bonds is 15. The van der Waals surface area contributed by atoms with Crippen LogP contribution in [0.25, 0.3) is 0 Å². The zero-order chi connectivity index (χ0) is 45.2. The van der Waals surface area contributed by atoms with Crippen molar-refractivity contribution >= 4 is 11.4 Å². The lowest BCUT2D eigenvalue weighted by Gasteiger charge is -2.51. The Kier molecular flexibility index (Phi) is 18.0. The molecule has 0 saturated carbocycles. The van der Waals surface area contributed by atoms with Crippen LogP contribution in [0.3, 0.4) is 0 Å². The van der Waals surface area contributed by atoms with E-state index in [0.717, 1.165) is 107 Å². The lowest BCUT2D eigenvalue weighted by atomic mass is 9.77. The van der Waals surface area contributed by atoms with Gasteiger partial charge in [-0.3, -0.25) is 14.2 Å². The Morgan fingerprint density at radius 2 is 1.05 bits per heavy atom. The summed E-state index contributed by atoms with van der Waals surface area (Å²) in [5, 5.41) is 9.15. The molecule has 6 aliphatic heterocycles. The highest BCUT2D eigenvalue weighted by Gasteiger charge is 2.53. The van der Waals surface area contributed by atoms with Gasteiger partial charge in [0.05, 0.1) is 61.5 Å². The second kappa shape index (κ2) is 22.7. The highest BCUT2D eigenvalue weighted by atomic mass is 32.3. The summed E-state index contributed by atoms with van der Waals surface area (Å²) in [6.45, 7) is 9.74. The van der Waals surface area contributed by atoms with Crippen molar-refractivity contribution in [2.45, 2.75) is 102 Å². The molecule has 0 aromatic heterocycles. The number of methoxy groups -OCH3 is 4. The third-order valence-corrected chi connectivity index (χ3v) is 14.9. The molecule has 4 atom stereocenters. The predicted octanol–water partition coefficient (Wildman–Crippen LogP) is 8.74. The summed E-state index contributed by atoms with van der Waals surface area (Å²) in [6.07, 6.45) is 9.02. The summed E-state index contributed by atoms with van der Waals surface area (Å²) in [5.74, 6) is 2.76. The molecular formula is C46H71F4N3O9S. The van der Waals surface area contributed by atoms with Crippen molar-refractivity contribution in [1.29, 1.82) is 0 Å². The third kappa shape index (κ3) is 11.3. The fourth-order valence-corrected chi connectivity index (χ4v) is 11.2. The maximum atomic E-state index is 12.6. The molecule has 2 aromatic carbocycles. The maximum absolute atomic E-state index is 12.6. The van der Waals surface area contributed by atoms with Gasteiger partial charge in [0.2, 0.25) is 0 Å². The Balaban J connectivity index is 0.000000176. The first-order valence-corrected chi connectivity index (χ1v) is 24.1. The Morgan fingerprint density at radius 1 is 0.651 bits per heavy atom. The van der Waals surface area contributed by atoms with Crippen molar-refractivity contribution in [2.75, 3.05) is 107 Å². The number of alkyl halides is 1. The van der Waals surface area contributed by atoms with E-state index >= 15 is 0 Å². The number of fused-ring (bicyclic) bond motifs is 6. The van der Waals surface area contributed by atoms with Gasteiger partial charge in [-0.1, -0.05) is 26.7 Å². The number of ether oxygens (including phenoxy) is 8. The van der Waals surface area contributed by atoms with Crippen molar-refractivity contribution < 1.29 is 59.0 Å². The van der Waals surface area contributed by atoms with E-state index in [1.165, 1.54) is 36.1 Å². The monoisotopic (exact) mass is 917 g/mol. The number of aliphatic hydroxyl groups excluding tert-OH is 1. The minimum atomic E-state index is -4.93. The normalized spacial score (nSPS) is 24.9. The molecule has 1 N–H and O–H groups in total. The van der Waals surface area contributed by atoms with Crippen molar-refractivity contribution in [3.8, 4) is 23.0 Å². The molecule has 8 rings (SSSR count). The minimum absolute atomic E-state index is 0.0648. The van der Waals surface area contributed by atoms with Gasteiger partial charge >= 0.3 is 0 Å². The molecule has 358 valence electrons. The fourth-order valence-electron chi connectivity index (χ4n) is 10.6. The number of hydrogen-bond acceptors (Lipinski definition) is 12. The van der Waals surface area contributed by atoms with Crippen LogP contribution < -0.4 is 18.9 Å². The Hall–Kier alpha value is -2.61. The van der Waals surface area contributed by atoms with Gasteiger partial charge < -0.3 is 43.0 Å². The van der Waals surface area contributed by atoms with E-state index in [1.807, 2.05) is 0 Å². The number of aliphatic hydroxyl groups is 1. The quantitative estimate of drug-likeness (QED) is 0.137. The van der Waals surface area contributed by atoms with Gasteiger partial charge in [-0.2, -0.15) is 4.31 Å². The van der Waals surface area contributed by atoms with Gasteiger partial charge in [0.15, 0.2) is 34.6 Å². The van der Waals surface area contributed by atoms with Crippen LogP contribution in [0.15, 0.2) is 24.3 Å². The van der Waals surface area contributed by atoms with E-state index in [4.69, 9.17) is 43.0 Å². The average Bonchev–Trinajstić information content (AvgIpc) is 3.97. The molecule has 0 bridgehead atoms. The molecule has 4 saturated heterocycles. The number of unbranched alkanes of at least 4 members (excludes halogenated alkanes) is 2. The molecular weight excluding hydrogens is 847 g/mol. The topological polar surface area (TPSA) is 104 Å². The number of halogens is 4. The summed E-state index contributed by atoms with van der Waals surface area (Å²) in [7, 11) is 6.73. The molecule has 0 aliphatic carbocycles. The Labute approximate surface area is 374 Å². The first-order valence-electron chi connectivity index (χ1n) is 22.8. The molecule has 6 aliphatic rings. The second-order valence-corrected chi connectivity index (χ2v) is 18.3. The lowest BCUT2D eigenvalue weighted by molar-refractivity contribution is -0.235. The molecule has 12 nitrogen and oxygen atoms in total. The minimum Gasteiger partial charge on any atom is -0.493 e. The molecule has 0 amide bonds. The maximum Gasteiger partial charge on any atom is 0.278 e. The standard InChI is InChI=1S/C21H30FNO4.C21H31NO5.C4H10F3NS/c1-24-19-11-15-6-8-23-14-16(5-3-4-7-22)21(26-9-10-27-21)13-18(23)17(15)12-20(19)25-2;1-24-19-11-15-6-7-22-14-16(5-3-4-8-23)21(26-9-10-27-21)13-18(22)17(15)12-20(19)25-2;1-3-8(4-2)9(5,6)7/h11-12,16,18H,3-10,13-14H2,1-2H3;11-12,16,18,23H,3-10,13-14H2,1-2H3;3-4H2,1-2H3/t2*16-,18-;/m11./s1/i22+0;;. The molecule has 17 heteroatoms. The first kappa shape index (κ1) is 49.8. The summed E-state index contributed by atoms with van der Waals surface area (Å²) in [4.78, 5) is 5.12. The second-order valence-electron chi connectivity index (χ2n) is 17.1. The molecule has 0 radical (unpaired) electrons. The Morgan fingerprint density at radius 3 is 1.38 bits per heavy atom. The summed E-state index contributed by atoms with van der Waals surface area (Å²) < 4.78 is 95.2. The smallest absolute Gasteiger partial charge is 0.278 e. The molecule has 2 spiro atoms. The van der Waals surface area contributed by atoms with Crippen LogP contribution in [0.2, 0.25) is 0 Å².